The number of aliphatic hydroxyl groups is 1. The van der Waals surface area contributed by atoms with Crippen molar-refractivity contribution in [2.45, 2.75) is 40.3 Å². The number of aryl methyl sites for hydroxylation is 1. The predicted octanol–water partition coefficient (Wildman–Crippen LogP) is 6.77. The number of fused-ring (bicyclic) bond motifs is 2. The second-order valence-electron chi connectivity index (χ2n) is 10.8. The SMILES string of the molecule is Cc1ccc(-c2cccc3[nH]c(-c4n[nH]c5cnc(-c6cncc(NC(O)CC(C)(C)C)c6)cc45)nc23)s1. The zero-order valence-electron chi connectivity index (χ0n) is 21.7. The number of benzene rings is 1. The smallest absolute Gasteiger partial charge is 0.159 e. The van der Waals surface area contributed by atoms with Crippen molar-refractivity contribution in [3.8, 4) is 33.2 Å². The van der Waals surface area contributed by atoms with Crippen molar-refractivity contribution in [3.63, 3.8) is 0 Å². The lowest BCUT2D eigenvalue weighted by atomic mass is 9.91. The lowest BCUT2D eigenvalue weighted by Gasteiger charge is -2.23. The first kappa shape index (κ1) is 24.3. The highest BCUT2D eigenvalue weighted by molar-refractivity contribution is 7.15. The molecule has 5 heterocycles. The standard InChI is InChI=1S/C29H29N7OS/c1-16-8-9-24(38-16)19-6-5-7-21-26(19)34-28(33-21)27-20-11-22(31-15-23(20)35-36-27)17-10-18(14-30-13-17)32-25(37)12-29(2,3)4/h5-11,13-15,25,32,37H,12H2,1-4H3,(H,33,34)(H,35,36). The van der Waals surface area contributed by atoms with Gasteiger partial charge in [-0.1, -0.05) is 32.9 Å². The molecule has 0 aliphatic carbocycles. The first-order valence-electron chi connectivity index (χ1n) is 12.5. The quantitative estimate of drug-likeness (QED) is 0.179. The summed E-state index contributed by atoms with van der Waals surface area (Å²) in [5.74, 6) is 0.697. The van der Waals surface area contributed by atoms with E-state index in [1.807, 2.05) is 24.3 Å². The third-order valence-electron chi connectivity index (χ3n) is 6.36. The van der Waals surface area contributed by atoms with Crippen LogP contribution in [0.15, 0.2) is 61.1 Å². The van der Waals surface area contributed by atoms with Gasteiger partial charge in [0.15, 0.2) is 5.82 Å². The number of aliphatic hydroxyl groups excluding tert-OH is 1. The molecule has 0 aliphatic rings. The van der Waals surface area contributed by atoms with Gasteiger partial charge in [0.1, 0.15) is 11.9 Å². The molecule has 1 aromatic carbocycles. The number of H-pyrrole nitrogens is 2. The van der Waals surface area contributed by atoms with Crippen LogP contribution in [0.1, 0.15) is 32.1 Å². The average molecular weight is 524 g/mol. The lowest BCUT2D eigenvalue weighted by molar-refractivity contribution is 0.145. The number of thiophene rings is 1. The molecule has 0 spiro atoms. The average Bonchev–Trinajstić information content (AvgIpc) is 3.60. The highest BCUT2D eigenvalue weighted by Crippen LogP contribution is 2.35. The Morgan fingerprint density at radius 2 is 1.92 bits per heavy atom. The molecule has 6 aromatic rings. The molecule has 0 fully saturated rings. The summed E-state index contributed by atoms with van der Waals surface area (Å²) in [7, 11) is 0. The predicted molar refractivity (Wildman–Crippen MR) is 154 cm³/mol. The summed E-state index contributed by atoms with van der Waals surface area (Å²) in [5.41, 5.74) is 6.88. The largest absolute Gasteiger partial charge is 0.374 e. The second kappa shape index (κ2) is 9.34. The molecular weight excluding hydrogens is 494 g/mol. The molecule has 0 saturated heterocycles. The molecule has 5 aromatic heterocycles. The summed E-state index contributed by atoms with van der Waals surface area (Å²) in [6.45, 7) is 8.40. The maximum Gasteiger partial charge on any atom is 0.159 e. The van der Waals surface area contributed by atoms with E-state index in [0.717, 1.165) is 50.1 Å². The van der Waals surface area contributed by atoms with E-state index < -0.39 is 6.23 Å². The minimum absolute atomic E-state index is 0.00185. The third-order valence-corrected chi connectivity index (χ3v) is 7.40. The Balaban J connectivity index is 1.36. The molecule has 0 radical (unpaired) electrons. The monoisotopic (exact) mass is 523 g/mol. The molecule has 0 amide bonds. The van der Waals surface area contributed by atoms with E-state index in [4.69, 9.17) is 4.98 Å². The van der Waals surface area contributed by atoms with Crippen LogP contribution in [-0.2, 0) is 0 Å². The number of hydrogen-bond donors (Lipinski definition) is 4. The van der Waals surface area contributed by atoms with Crippen molar-refractivity contribution in [3.05, 3.63) is 65.9 Å². The van der Waals surface area contributed by atoms with Crippen LogP contribution in [0.2, 0.25) is 0 Å². The number of nitrogens with zero attached hydrogens (tertiary/aromatic N) is 4. The molecule has 192 valence electrons. The van der Waals surface area contributed by atoms with Gasteiger partial charge in [0.05, 0.1) is 40.3 Å². The van der Waals surface area contributed by atoms with Gasteiger partial charge in [0.25, 0.3) is 0 Å². The minimum Gasteiger partial charge on any atom is -0.374 e. The van der Waals surface area contributed by atoms with E-state index in [2.05, 4.69) is 76.4 Å². The zero-order valence-corrected chi connectivity index (χ0v) is 22.5. The minimum atomic E-state index is -0.668. The van der Waals surface area contributed by atoms with E-state index in [-0.39, 0.29) is 5.41 Å². The number of hydrogen-bond acceptors (Lipinski definition) is 7. The van der Waals surface area contributed by atoms with Crippen LogP contribution in [0.4, 0.5) is 5.69 Å². The maximum absolute atomic E-state index is 10.5. The van der Waals surface area contributed by atoms with Crippen LogP contribution in [0, 0.1) is 12.3 Å². The highest BCUT2D eigenvalue weighted by atomic mass is 32.1. The Morgan fingerprint density at radius 3 is 2.71 bits per heavy atom. The van der Waals surface area contributed by atoms with Crippen LogP contribution < -0.4 is 5.32 Å². The third kappa shape index (κ3) is 4.78. The van der Waals surface area contributed by atoms with E-state index in [9.17, 15) is 5.11 Å². The topological polar surface area (TPSA) is 115 Å². The molecular formula is C29H29N7OS. The van der Waals surface area contributed by atoms with Crippen molar-refractivity contribution < 1.29 is 5.11 Å². The molecule has 1 atom stereocenters. The van der Waals surface area contributed by atoms with Gasteiger partial charge in [0, 0.05) is 32.5 Å². The number of pyridine rings is 2. The van der Waals surface area contributed by atoms with Crippen molar-refractivity contribution in [1.29, 1.82) is 0 Å². The van der Waals surface area contributed by atoms with Gasteiger partial charge >= 0.3 is 0 Å². The summed E-state index contributed by atoms with van der Waals surface area (Å²) in [5, 5.41) is 22.2. The number of aromatic nitrogens is 6. The number of imidazole rings is 1. The van der Waals surface area contributed by atoms with E-state index in [1.54, 1.807) is 29.9 Å². The summed E-state index contributed by atoms with van der Waals surface area (Å²) in [6, 6.07) is 14.4. The number of anilines is 1. The van der Waals surface area contributed by atoms with Crippen LogP contribution >= 0.6 is 11.3 Å². The molecule has 4 N–H and O–H groups in total. The normalized spacial score (nSPS) is 12.9. The Morgan fingerprint density at radius 1 is 1.05 bits per heavy atom. The van der Waals surface area contributed by atoms with Gasteiger partial charge in [-0.2, -0.15) is 5.10 Å². The number of aromatic amines is 2. The molecule has 9 heteroatoms. The van der Waals surface area contributed by atoms with Crippen molar-refractivity contribution >= 4 is 39.0 Å². The van der Waals surface area contributed by atoms with E-state index in [1.165, 1.54) is 9.75 Å². The fourth-order valence-electron chi connectivity index (χ4n) is 4.66. The van der Waals surface area contributed by atoms with Gasteiger partial charge in [-0.25, -0.2) is 4.98 Å². The highest BCUT2D eigenvalue weighted by Gasteiger charge is 2.18. The van der Waals surface area contributed by atoms with Crippen molar-refractivity contribution in [2.24, 2.45) is 5.41 Å². The zero-order chi connectivity index (χ0) is 26.4. The molecule has 0 aliphatic heterocycles. The van der Waals surface area contributed by atoms with Gasteiger partial charge < -0.3 is 15.4 Å². The summed E-state index contributed by atoms with van der Waals surface area (Å²) < 4.78 is 0. The molecule has 38 heavy (non-hydrogen) atoms. The Kier molecular flexibility index (Phi) is 5.97. The van der Waals surface area contributed by atoms with E-state index in [0.29, 0.717) is 12.2 Å². The molecule has 8 nitrogen and oxygen atoms in total. The van der Waals surface area contributed by atoms with Gasteiger partial charge in [-0.05, 0) is 49.1 Å². The second-order valence-corrected chi connectivity index (χ2v) is 12.1. The van der Waals surface area contributed by atoms with Crippen LogP contribution in [0.5, 0.6) is 0 Å². The summed E-state index contributed by atoms with van der Waals surface area (Å²) in [4.78, 5) is 19.9. The summed E-state index contributed by atoms with van der Waals surface area (Å²) in [6.07, 6.45) is 5.20. The number of rotatable bonds is 6. The van der Waals surface area contributed by atoms with Gasteiger partial charge in [-0.3, -0.25) is 15.1 Å². The van der Waals surface area contributed by atoms with Gasteiger partial charge in [0.2, 0.25) is 0 Å². The lowest BCUT2D eigenvalue weighted by Crippen LogP contribution is -2.25. The molecule has 1 unspecified atom stereocenters. The Hall–Kier alpha value is -4.08. The van der Waals surface area contributed by atoms with Crippen molar-refractivity contribution in [1.82, 2.24) is 30.1 Å². The fraction of sp³-hybridized carbons (Fsp3) is 0.241. The van der Waals surface area contributed by atoms with Gasteiger partial charge in [-0.15, -0.1) is 11.3 Å². The number of nitrogens with one attached hydrogen (secondary N) is 3. The van der Waals surface area contributed by atoms with Crippen LogP contribution in [-0.4, -0.2) is 41.5 Å². The van der Waals surface area contributed by atoms with Crippen LogP contribution in [0.25, 0.3) is 55.2 Å². The summed E-state index contributed by atoms with van der Waals surface area (Å²) >= 11 is 1.76. The van der Waals surface area contributed by atoms with Crippen molar-refractivity contribution in [2.75, 3.05) is 5.32 Å². The Labute approximate surface area is 224 Å². The Bertz CT molecular complexity index is 1760. The number of para-hydroxylation sites is 1. The fourth-order valence-corrected chi connectivity index (χ4v) is 5.55. The maximum atomic E-state index is 10.5. The van der Waals surface area contributed by atoms with E-state index >= 15 is 0 Å². The first-order chi connectivity index (χ1) is 18.2. The first-order valence-corrected chi connectivity index (χ1v) is 13.4. The molecule has 0 bridgehead atoms. The molecule has 6 rings (SSSR count). The van der Waals surface area contributed by atoms with Crippen LogP contribution in [0.3, 0.4) is 0 Å². The molecule has 0 saturated carbocycles.